The lowest BCUT2D eigenvalue weighted by atomic mass is 10.1. The molecule has 3 aromatic rings. The molecule has 0 spiro atoms. The summed E-state index contributed by atoms with van der Waals surface area (Å²) in [6.45, 7) is 2.11. The predicted molar refractivity (Wildman–Crippen MR) is 84.7 cm³/mol. The van der Waals surface area contributed by atoms with Gasteiger partial charge in [-0.05, 0) is 31.0 Å². The first-order chi connectivity index (χ1) is 9.61. The monoisotopic (exact) mass is 304 g/mol. The molecular weight excluding hydrogens is 291 g/mol. The van der Waals surface area contributed by atoms with E-state index in [1.807, 2.05) is 6.07 Å². The van der Waals surface area contributed by atoms with Crippen molar-refractivity contribution in [3.05, 3.63) is 63.4 Å². The number of aromatic nitrogens is 2. The van der Waals surface area contributed by atoms with Gasteiger partial charge in [-0.15, -0.1) is 0 Å². The van der Waals surface area contributed by atoms with E-state index in [4.69, 9.17) is 23.2 Å². The van der Waals surface area contributed by atoms with E-state index in [1.54, 1.807) is 6.07 Å². The molecule has 0 saturated carbocycles. The smallest absolute Gasteiger partial charge is 0.107 e. The third-order valence-corrected chi connectivity index (χ3v) is 4.03. The molecule has 2 nitrogen and oxygen atoms in total. The van der Waals surface area contributed by atoms with Gasteiger partial charge in [0.2, 0.25) is 0 Å². The van der Waals surface area contributed by atoms with Crippen molar-refractivity contribution < 1.29 is 0 Å². The fourth-order valence-electron chi connectivity index (χ4n) is 2.31. The molecule has 0 aliphatic rings. The zero-order valence-corrected chi connectivity index (χ0v) is 12.6. The predicted octanol–water partition coefficient (Wildman–Crippen LogP) is 4.96. The third-order valence-electron chi connectivity index (χ3n) is 3.31. The summed E-state index contributed by atoms with van der Waals surface area (Å²) >= 11 is 12.0. The summed E-state index contributed by atoms with van der Waals surface area (Å²) in [5.74, 6) is 0.958. The summed E-state index contributed by atoms with van der Waals surface area (Å²) in [4.78, 5) is 7.85. The Kier molecular flexibility index (Phi) is 3.68. The molecule has 1 heterocycles. The Bertz CT molecular complexity index is 723. The zero-order valence-electron chi connectivity index (χ0n) is 11.1. The lowest BCUT2D eigenvalue weighted by Crippen LogP contribution is -1.93. The van der Waals surface area contributed by atoms with E-state index >= 15 is 0 Å². The average Bonchev–Trinajstić information content (AvgIpc) is 2.79. The van der Waals surface area contributed by atoms with Crippen LogP contribution in [0.4, 0.5) is 0 Å². The Labute approximate surface area is 127 Å². The zero-order chi connectivity index (χ0) is 14.1. The van der Waals surface area contributed by atoms with Crippen LogP contribution in [0.1, 0.15) is 17.0 Å². The van der Waals surface area contributed by atoms with Gasteiger partial charge in [0, 0.05) is 6.42 Å². The maximum atomic E-state index is 6.01. The number of aromatic amines is 1. The number of hydrogen-bond donors (Lipinski definition) is 1. The first kappa shape index (κ1) is 13.5. The van der Waals surface area contributed by atoms with Crippen LogP contribution < -0.4 is 0 Å². The molecule has 4 heteroatoms. The highest BCUT2D eigenvalue weighted by atomic mass is 35.5. The van der Waals surface area contributed by atoms with Crippen molar-refractivity contribution in [3.63, 3.8) is 0 Å². The van der Waals surface area contributed by atoms with Crippen molar-refractivity contribution in [3.8, 4) is 0 Å². The first-order valence-corrected chi connectivity index (χ1v) is 7.26. The number of rotatable bonds is 3. The van der Waals surface area contributed by atoms with Gasteiger partial charge in [-0.1, -0.05) is 53.0 Å². The van der Waals surface area contributed by atoms with E-state index < -0.39 is 0 Å². The molecule has 3 rings (SSSR count). The van der Waals surface area contributed by atoms with E-state index in [0.717, 1.165) is 29.7 Å². The lowest BCUT2D eigenvalue weighted by molar-refractivity contribution is 0.889. The number of H-pyrrole nitrogens is 1. The van der Waals surface area contributed by atoms with Crippen LogP contribution in [0.3, 0.4) is 0 Å². The number of fused-ring (bicyclic) bond motifs is 1. The number of aryl methyl sites for hydroxylation is 3. The van der Waals surface area contributed by atoms with Gasteiger partial charge >= 0.3 is 0 Å². The fourth-order valence-corrected chi connectivity index (χ4v) is 2.63. The van der Waals surface area contributed by atoms with Crippen LogP contribution >= 0.6 is 23.2 Å². The highest BCUT2D eigenvalue weighted by molar-refractivity contribution is 6.42. The Morgan fingerprint density at radius 3 is 2.65 bits per heavy atom. The van der Waals surface area contributed by atoms with E-state index in [2.05, 4.69) is 41.2 Å². The topological polar surface area (TPSA) is 28.7 Å². The van der Waals surface area contributed by atoms with Gasteiger partial charge in [-0.3, -0.25) is 0 Å². The summed E-state index contributed by atoms with van der Waals surface area (Å²) in [5, 5.41) is 1.09. The van der Waals surface area contributed by atoms with Crippen molar-refractivity contribution in [2.45, 2.75) is 19.8 Å². The molecule has 1 aromatic heterocycles. The van der Waals surface area contributed by atoms with Gasteiger partial charge < -0.3 is 4.98 Å². The van der Waals surface area contributed by atoms with Gasteiger partial charge in [0.05, 0.1) is 21.1 Å². The largest absolute Gasteiger partial charge is 0.342 e. The van der Waals surface area contributed by atoms with E-state index in [9.17, 15) is 0 Å². The molecule has 0 fully saturated rings. The van der Waals surface area contributed by atoms with Crippen molar-refractivity contribution in [2.75, 3.05) is 0 Å². The number of halogens is 2. The van der Waals surface area contributed by atoms with Crippen LogP contribution in [0.5, 0.6) is 0 Å². The maximum Gasteiger partial charge on any atom is 0.107 e. The molecule has 0 saturated heterocycles. The van der Waals surface area contributed by atoms with E-state index in [1.165, 1.54) is 11.1 Å². The summed E-state index contributed by atoms with van der Waals surface area (Å²) in [6, 6.07) is 12.2. The minimum atomic E-state index is 0.538. The minimum absolute atomic E-state index is 0.538. The highest BCUT2D eigenvalue weighted by Crippen LogP contribution is 2.26. The second-order valence-electron chi connectivity index (χ2n) is 4.96. The van der Waals surface area contributed by atoms with Gasteiger partial charge in [0.15, 0.2) is 0 Å². The quantitative estimate of drug-likeness (QED) is 0.727. The van der Waals surface area contributed by atoms with Gasteiger partial charge in [0.25, 0.3) is 0 Å². The van der Waals surface area contributed by atoms with Gasteiger partial charge in [-0.2, -0.15) is 0 Å². The standard InChI is InChI=1S/C16H14Cl2N2/c1-10-3-2-4-11(7-10)5-6-16-19-14-8-12(17)13(18)9-15(14)20-16/h2-4,7-9H,5-6H2,1H3,(H,19,20). The van der Waals surface area contributed by atoms with Crippen LogP contribution in [-0.2, 0) is 12.8 Å². The van der Waals surface area contributed by atoms with Crippen molar-refractivity contribution >= 4 is 34.2 Å². The molecule has 0 atom stereocenters. The van der Waals surface area contributed by atoms with Gasteiger partial charge in [0.1, 0.15) is 5.82 Å². The van der Waals surface area contributed by atoms with Crippen LogP contribution in [0.25, 0.3) is 11.0 Å². The third kappa shape index (κ3) is 2.82. The number of hydrogen-bond acceptors (Lipinski definition) is 1. The van der Waals surface area contributed by atoms with Crippen LogP contribution in [0.15, 0.2) is 36.4 Å². The molecule has 102 valence electrons. The molecule has 1 N–H and O–H groups in total. The van der Waals surface area contributed by atoms with E-state index in [0.29, 0.717) is 10.0 Å². The fraction of sp³-hybridized carbons (Fsp3) is 0.188. The molecule has 0 radical (unpaired) electrons. The SMILES string of the molecule is Cc1cccc(CCc2nc3cc(Cl)c(Cl)cc3[nH]2)c1. The normalized spacial score (nSPS) is 11.2. The Hall–Kier alpha value is -1.51. The lowest BCUT2D eigenvalue weighted by Gasteiger charge is -2.00. The number of nitrogens with one attached hydrogen (secondary N) is 1. The van der Waals surface area contributed by atoms with Crippen LogP contribution in [-0.4, -0.2) is 9.97 Å². The minimum Gasteiger partial charge on any atom is -0.342 e. The second-order valence-corrected chi connectivity index (χ2v) is 5.77. The summed E-state index contributed by atoms with van der Waals surface area (Å²) < 4.78 is 0. The average molecular weight is 305 g/mol. The Morgan fingerprint density at radius 2 is 1.85 bits per heavy atom. The number of imidazole rings is 1. The summed E-state index contributed by atoms with van der Waals surface area (Å²) in [7, 11) is 0. The highest BCUT2D eigenvalue weighted by Gasteiger charge is 2.07. The molecule has 0 aliphatic carbocycles. The van der Waals surface area contributed by atoms with Crippen molar-refractivity contribution in [2.24, 2.45) is 0 Å². The van der Waals surface area contributed by atoms with E-state index in [-0.39, 0.29) is 0 Å². The Morgan fingerprint density at radius 1 is 1.05 bits per heavy atom. The molecular formula is C16H14Cl2N2. The molecule has 20 heavy (non-hydrogen) atoms. The first-order valence-electron chi connectivity index (χ1n) is 6.51. The summed E-state index contributed by atoms with van der Waals surface area (Å²) in [5.41, 5.74) is 4.39. The van der Waals surface area contributed by atoms with Crippen molar-refractivity contribution in [1.82, 2.24) is 9.97 Å². The number of nitrogens with zero attached hydrogens (tertiary/aromatic N) is 1. The second kappa shape index (κ2) is 5.47. The summed E-state index contributed by atoms with van der Waals surface area (Å²) in [6.07, 6.45) is 1.83. The molecule has 0 amide bonds. The van der Waals surface area contributed by atoms with Crippen LogP contribution in [0.2, 0.25) is 10.0 Å². The van der Waals surface area contributed by atoms with Gasteiger partial charge in [-0.25, -0.2) is 4.98 Å². The van der Waals surface area contributed by atoms with Crippen LogP contribution in [0, 0.1) is 6.92 Å². The maximum absolute atomic E-state index is 6.01. The molecule has 0 bridgehead atoms. The molecule has 0 aliphatic heterocycles. The Balaban J connectivity index is 1.81. The molecule has 0 unspecified atom stereocenters. The van der Waals surface area contributed by atoms with Crippen molar-refractivity contribution in [1.29, 1.82) is 0 Å². The molecule has 2 aromatic carbocycles. The number of benzene rings is 2.